The number of piperidine rings is 1. The van der Waals surface area contributed by atoms with E-state index in [1.165, 1.54) is 16.8 Å². The smallest absolute Gasteiger partial charge is 0.227 e. The maximum atomic E-state index is 13.0. The molecule has 3 aromatic rings. The number of carbonyl (C=O) groups excluding carboxylic acids is 1. The molecule has 0 aliphatic carbocycles. The molecule has 5 rings (SSSR count). The first-order valence-corrected chi connectivity index (χ1v) is 10.7. The van der Waals surface area contributed by atoms with Crippen molar-refractivity contribution in [3.8, 4) is 5.69 Å². The van der Waals surface area contributed by atoms with Gasteiger partial charge in [-0.15, -0.1) is 0 Å². The third-order valence-corrected chi connectivity index (χ3v) is 6.99. The van der Waals surface area contributed by atoms with E-state index in [-0.39, 0.29) is 11.4 Å². The summed E-state index contributed by atoms with van der Waals surface area (Å²) in [5.74, 6) is 1.32. The highest BCUT2D eigenvalue weighted by Gasteiger charge is 2.45. The number of nitrogens with zero attached hydrogens (tertiary/aromatic N) is 4. The van der Waals surface area contributed by atoms with E-state index in [0.29, 0.717) is 6.42 Å². The Labute approximate surface area is 178 Å². The molecule has 3 heterocycles. The fourth-order valence-corrected chi connectivity index (χ4v) is 5.11. The highest BCUT2D eigenvalue weighted by atomic mass is 16.2. The Morgan fingerprint density at radius 1 is 1.07 bits per heavy atom. The van der Waals surface area contributed by atoms with Crippen LogP contribution in [0.3, 0.4) is 0 Å². The molecule has 0 saturated carbocycles. The number of fused-ring (bicyclic) bond motifs is 4. The van der Waals surface area contributed by atoms with Crippen molar-refractivity contribution in [2.24, 2.45) is 0 Å². The van der Waals surface area contributed by atoms with Gasteiger partial charge in [-0.1, -0.05) is 42.5 Å². The fourth-order valence-electron chi connectivity index (χ4n) is 5.11. The number of aryl methyl sites for hydroxylation is 1. The topological polar surface area (TPSA) is 41.4 Å². The van der Waals surface area contributed by atoms with E-state index in [1.54, 1.807) is 0 Å². The minimum absolute atomic E-state index is 0.151. The molecular formula is C25H28N4O. The van der Waals surface area contributed by atoms with Gasteiger partial charge in [-0.05, 0) is 49.6 Å². The van der Waals surface area contributed by atoms with Crippen LogP contribution in [0.4, 0.5) is 0 Å². The number of benzene rings is 2. The molecule has 1 amide bonds. The molecule has 2 aromatic carbocycles. The van der Waals surface area contributed by atoms with Crippen LogP contribution in [-0.4, -0.2) is 45.4 Å². The Morgan fingerprint density at radius 2 is 1.80 bits per heavy atom. The molecular weight excluding hydrogens is 372 g/mol. The summed E-state index contributed by atoms with van der Waals surface area (Å²) < 4.78 is 2.25. The summed E-state index contributed by atoms with van der Waals surface area (Å²) in [6, 6.07) is 16.7. The second-order valence-electron chi connectivity index (χ2n) is 8.62. The number of rotatable bonds is 2. The van der Waals surface area contributed by atoms with Crippen molar-refractivity contribution in [2.75, 3.05) is 20.1 Å². The largest absolute Gasteiger partial charge is 0.342 e. The standard InChI is InChI=1S/C25H28N4O/c1-19-7-3-4-8-20(19)17-23(30)28-14-11-25(12-15-28)24-26-13-16-29(24)22-10-6-5-9-21(22)18-27(25)2/h3-10,13,16H,11-12,14-15,17-18H2,1-2H3. The van der Waals surface area contributed by atoms with Gasteiger partial charge in [0.25, 0.3) is 0 Å². The predicted molar refractivity (Wildman–Crippen MR) is 117 cm³/mol. The minimum atomic E-state index is -0.151. The maximum absolute atomic E-state index is 13.0. The summed E-state index contributed by atoms with van der Waals surface area (Å²) in [6.07, 6.45) is 6.26. The first-order chi connectivity index (χ1) is 14.6. The zero-order valence-electron chi connectivity index (χ0n) is 17.7. The number of para-hydroxylation sites is 1. The molecule has 5 heteroatoms. The molecule has 5 nitrogen and oxygen atoms in total. The minimum Gasteiger partial charge on any atom is -0.342 e. The second kappa shape index (κ2) is 7.40. The summed E-state index contributed by atoms with van der Waals surface area (Å²) in [5.41, 5.74) is 4.69. The lowest BCUT2D eigenvalue weighted by Gasteiger charge is -2.46. The fraction of sp³-hybridized carbons (Fsp3) is 0.360. The number of hydrogen-bond acceptors (Lipinski definition) is 3. The summed E-state index contributed by atoms with van der Waals surface area (Å²) >= 11 is 0. The quantitative estimate of drug-likeness (QED) is 0.659. The van der Waals surface area contributed by atoms with E-state index < -0.39 is 0 Å². The number of imidazole rings is 1. The van der Waals surface area contributed by atoms with Crippen molar-refractivity contribution in [2.45, 2.75) is 38.3 Å². The van der Waals surface area contributed by atoms with Crippen LogP contribution in [0.5, 0.6) is 0 Å². The van der Waals surface area contributed by atoms with E-state index in [9.17, 15) is 4.79 Å². The number of aromatic nitrogens is 2. The van der Waals surface area contributed by atoms with Crippen LogP contribution in [0.1, 0.15) is 35.4 Å². The Balaban J connectivity index is 1.39. The first-order valence-electron chi connectivity index (χ1n) is 10.7. The summed E-state index contributed by atoms with van der Waals surface area (Å²) in [4.78, 5) is 22.3. The molecule has 0 unspecified atom stereocenters. The highest BCUT2D eigenvalue weighted by Crippen LogP contribution is 2.41. The predicted octanol–water partition coefficient (Wildman–Crippen LogP) is 3.69. The molecule has 0 N–H and O–H groups in total. The number of likely N-dealkylation sites (tertiary alicyclic amines) is 1. The highest BCUT2D eigenvalue weighted by molar-refractivity contribution is 5.79. The van der Waals surface area contributed by atoms with Crippen LogP contribution in [0.15, 0.2) is 60.9 Å². The van der Waals surface area contributed by atoms with E-state index in [1.807, 2.05) is 23.2 Å². The Bertz CT molecular complexity index is 1080. The lowest BCUT2D eigenvalue weighted by atomic mass is 9.84. The summed E-state index contributed by atoms with van der Waals surface area (Å²) in [6.45, 7) is 4.49. The van der Waals surface area contributed by atoms with E-state index in [2.05, 4.69) is 66.0 Å². The van der Waals surface area contributed by atoms with Gasteiger partial charge in [0.1, 0.15) is 5.82 Å². The monoisotopic (exact) mass is 400 g/mol. The molecule has 30 heavy (non-hydrogen) atoms. The van der Waals surface area contributed by atoms with Crippen molar-refractivity contribution in [1.29, 1.82) is 0 Å². The van der Waals surface area contributed by atoms with Gasteiger partial charge >= 0.3 is 0 Å². The normalized spacial score (nSPS) is 18.0. The lowest BCUT2D eigenvalue weighted by molar-refractivity contribution is -0.133. The lowest BCUT2D eigenvalue weighted by Crippen LogP contribution is -2.53. The van der Waals surface area contributed by atoms with Gasteiger partial charge in [-0.25, -0.2) is 4.98 Å². The summed E-state index contributed by atoms with van der Waals surface area (Å²) in [7, 11) is 2.20. The molecule has 154 valence electrons. The van der Waals surface area contributed by atoms with Crippen molar-refractivity contribution in [3.63, 3.8) is 0 Å². The SMILES string of the molecule is Cc1ccccc1CC(=O)N1CCC2(CC1)c1nccn1-c1ccccc1CN2C. The molecule has 1 saturated heterocycles. The molecule has 0 atom stereocenters. The maximum Gasteiger partial charge on any atom is 0.227 e. The Morgan fingerprint density at radius 3 is 2.60 bits per heavy atom. The average Bonchev–Trinajstić information content (AvgIpc) is 3.23. The van der Waals surface area contributed by atoms with Crippen LogP contribution in [0.2, 0.25) is 0 Å². The van der Waals surface area contributed by atoms with Crippen molar-refractivity contribution in [3.05, 3.63) is 83.4 Å². The molecule has 0 radical (unpaired) electrons. The Hall–Kier alpha value is -2.92. The van der Waals surface area contributed by atoms with Gasteiger partial charge in [0.2, 0.25) is 5.91 Å². The molecule has 1 spiro atoms. The second-order valence-corrected chi connectivity index (χ2v) is 8.62. The molecule has 1 aromatic heterocycles. The van der Waals surface area contributed by atoms with Gasteiger partial charge < -0.3 is 9.47 Å². The zero-order chi connectivity index (χ0) is 20.7. The zero-order valence-corrected chi connectivity index (χ0v) is 17.7. The van der Waals surface area contributed by atoms with Crippen molar-refractivity contribution < 1.29 is 4.79 Å². The number of hydrogen-bond donors (Lipinski definition) is 0. The third-order valence-electron chi connectivity index (χ3n) is 6.99. The molecule has 1 fully saturated rings. The van der Waals surface area contributed by atoms with Gasteiger partial charge in [0.15, 0.2) is 0 Å². The molecule has 0 bridgehead atoms. The van der Waals surface area contributed by atoms with Crippen LogP contribution < -0.4 is 0 Å². The van der Waals surface area contributed by atoms with E-state index in [4.69, 9.17) is 4.98 Å². The number of carbonyl (C=O) groups is 1. The van der Waals surface area contributed by atoms with Crippen LogP contribution in [0, 0.1) is 6.92 Å². The average molecular weight is 401 g/mol. The van der Waals surface area contributed by atoms with Crippen molar-refractivity contribution >= 4 is 5.91 Å². The van der Waals surface area contributed by atoms with E-state index >= 15 is 0 Å². The first kappa shape index (κ1) is 19.1. The van der Waals surface area contributed by atoms with Crippen LogP contribution in [0.25, 0.3) is 5.69 Å². The van der Waals surface area contributed by atoms with Gasteiger partial charge in [-0.3, -0.25) is 9.69 Å². The Kier molecular flexibility index (Phi) is 4.70. The van der Waals surface area contributed by atoms with Gasteiger partial charge in [0, 0.05) is 32.0 Å². The van der Waals surface area contributed by atoms with E-state index in [0.717, 1.165) is 43.9 Å². The molecule has 2 aliphatic rings. The van der Waals surface area contributed by atoms with Crippen molar-refractivity contribution in [1.82, 2.24) is 19.4 Å². The number of amides is 1. The molecule has 2 aliphatic heterocycles. The van der Waals surface area contributed by atoms with Gasteiger partial charge in [0.05, 0.1) is 17.6 Å². The van der Waals surface area contributed by atoms with Crippen LogP contribution >= 0.6 is 0 Å². The van der Waals surface area contributed by atoms with Gasteiger partial charge in [-0.2, -0.15) is 0 Å². The van der Waals surface area contributed by atoms with Crippen LogP contribution in [-0.2, 0) is 23.3 Å². The third kappa shape index (κ3) is 3.05. The summed E-state index contributed by atoms with van der Waals surface area (Å²) in [5, 5.41) is 0.